The van der Waals surface area contributed by atoms with E-state index in [1.807, 2.05) is 61.3 Å². The maximum absolute atomic E-state index is 13.3. The Bertz CT molecular complexity index is 1750. The number of primary amides is 1. The Kier molecular flexibility index (Phi) is 6.11. The van der Waals surface area contributed by atoms with Crippen molar-refractivity contribution in [3.63, 3.8) is 0 Å². The molecular formula is C29H31N5O4S. The second kappa shape index (κ2) is 9.39. The molecule has 2 aliphatic rings. The number of hydrogen-bond acceptors (Lipinski definition) is 5. The Balaban J connectivity index is 1.51. The van der Waals surface area contributed by atoms with Crippen molar-refractivity contribution in [2.24, 2.45) is 5.73 Å². The fraction of sp³-hybridized carbons (Fsp3) is 0.310. The first-order valence-electron chi connectivity index (χ1n) is 13.1. The second-order valence-corrected chi connectivity index (χ2v) is 12.5. The number of aromatic nitrogens is 1. The van der Waals surface area contributed by atoms with E-state index in [0.29, 0.717) is 48.4 Å². The lowest BCUT2D eigenvalue weighted by atomic mass is 9.93. The number of sulfonamides is 1. The third kappa shape index (κ3) is 4.24. The summed E-state index contributed by atoms with van der Waals surface area (Å²) in [6.07, 6.45) is 0.598. The number of H-pyrrole nitrogens is 1. The largest absolute Gasteiger partial charge is 0.366 e. The van der Waals surface area contributed by atoms with Crippen LogP contribution in [0.15, 0.2) is 48.5 Å². The summed E-state index contributed by atoms with van der Waals surface area (Å²) in [4.78, 5) is 33.1. The van der Waals surface area contributed by atoms with Gasteiger partial charge in [-0.25, -0.2) is 8.42 Å². The number of rotatable bonds is 4. The number of benzene rings is 3. The van der Waals surface area contributed by atoms with Gasteiger partial charge in [0.1, 0.15) is 0 Å². The van der Waals surface area contributed by atoms with Crippen LogP contribution in [0.25, 0.3) is 32.9 Å². The minimum absolute atomic E-state index is 0.0191. The van der Waals surface area contributed by atoms with Crippen molar-refractivity contribution in [1.29, 1.82) is 0 Å². The standard InChI is InChI=1S/C29H31N5O4S/c1-18-20(5-3-6-25(18)34-11-4-16-39(34,37)38)21-9-10-23(28(30)35)27-26(21)22-8-7-19(17-24(22)31-27)29(36)33-14-12-32(2)13-15-33/h3,5-10,17,31H,4,11-16H2,1-2H3,(H2,30,35). The van der Waals surface area contributed by atoms with Crippen LogP contribution in [-0.4, -0.2) is 80.5 Å². The molecule has 3 N–H and O–H groups in total. The molecule has 0 saturated carbocycles. The van der Waals surface area contributed by atoms with Gasteiger partial charge in [-0.15, -0.1) is 0 Å². The summed E-state index contributed by atoms with van der Waals surface area (Å²) in [5.74, 6) is -0.430. The molecule has 2 fully saturated rings. The van der Waals surface area contributed by atoms with E-state index in [1.165, 1.54) is 4.31 Å². The van der Waals surface area contributed by atoms with Crippen LogP contribution in [-0.2, 0) is 10.0 Å². The molecule has 10 heteroatoms. The van der Waals surface area contributed by atoms with Gasteiger partial charge in [-0.3, -0.25) is 13.9 Å². The number of carbonyl (C=O) groups excluding carboxylic acids is 2. The number of fused-ring (bicyclic) bond motifs is 3. The molecule has 0 atom stereocenters. The Morgan fingerprint density at radius 2 is 1.72 bits per heavy atom. The summed E-state index contributed by atoms with van der Waals surface area (Å²) in [5.41, 5.74) is 11.2. The molecule has 3 aromatic carbocycles. The van der Waals surface area contributed by atoms with E-state index >= 15 is 0 Å². The summed E-state index contributed by atoms with van der Waals surface area (Å²) in [5, 5.41) is 1.67. The summed E-state index contributed by atoms with van der Waals surface area (Å²) < 4.78 is 26.9. The molecule has 0 unspecified atom stereocenters. The zero-order chi connectivity index (χ0) is 27.5. The predicted molar refractivity (Wildman–Crippen MR) is 154 cm³/mol. The molecule has 9 nitrogen and oxygen atoms in total. The Morgan fingerprint density at radius 3 is 2.41 bits per heavy atom. The average molecular weight is 546 g/mol. The van der Waals surface area contributed by atoms with Crippen LogP contribution in [0.2, 0.25) is 0 Å². The number of carbonyl (C=O) groups is 2. The van der Waals surface area contributed by atoms with Crippen LogP contribution in [0, 0.1) is 6.92 Å². The number of aromatic amines is 1. The smallest absolute Gasteiger partial charge is 0.254 e. The Labute approximate surface area is 227 Å². The van der Waals surface area contributed by atoms with Gasteiger partial charge in [0.25, 0.3) is 11.8 Å². The van der Waals surface area contributed by atoms with E-state index < -0.39 is 15.9 Å². The molecule has 0 radical (unpaired) electrons. The average Bonchev–Trinajstić information content (AvgIpc) is 3.47. The highest BCUT2D eigenvalue weighted by Gasteiger charge is 2.30. The molecule has 2 aliphatic heterocycles. The van der Waals surface area contributed by atoms with Gasteiger partial charge in [0, 0.05) is 54.6 Å². The Morgan fingerprint density at radius 1 is 0.949 bits per heavy atom. The Hall–Kier alpha value is -3.89. The highest BCUT2D eigenvalue weighted by atomic mass is 32.2. The quantitative estimate of drug-likeness (QED) is 0.408. The van der Waals surface area contributed by atoms with E-state index in [0.717, 1.165) is 46.1 Å². The molecule has 0 spiro atoms. The number of nitrogens with zero attached hydrogens (tertiary/aromatic N) is 3. The lowest BCUT2D eigenvalue weighted by molar-refractivity contribution is 0.0664. The van der Waals surface area contributed by atoms with Gasteiger partial charge >= 0.3 is 0 Å². The maximum Gasteiger partial charge on any atom is 0.254 e. The third-order valence-corrected chi connectivity index (χ3v) is 9.88. The molecule has 0 aliphatic carbocycles. The van der Waals surface area contributed by atoms with Crippen LogP contribution in [0.1, 0.15) is 32.7 Å². The molecule has 1 aromatic heterocycles. The number of amides is 2. The summed E-state index contributed by atoms with van der Waals surface area (Å²) in [7, 11) is -1.29. The van der Waals surface area contributed by atoms with Crippen molar-refractivity contribution in [3.8, 4) is 11.1 Å². The van der Waals surface area contributed by atoms with Crippen LogP contribution in [0.5, 0.6) is 0 Å². The first kappa shape index (κ1) is 25.4. The number of nitrogens with one attached hydrogen (secondary N) is 1. The summed E-state index contributed by atoms with van der Waals surface area (Å²) in [6.45, 7) is 5.41. The first-order chi connectivity index (χ1) is 18.7. The van der Waals surface area contributed by atoms with E-state index in [-0.39, 0.29) is 11.7 Å². The fourth-order valence-corrected chi connectivity index (χ4v) is 7.48. The highest BCUT2D eigenvalue weighted by molar-refractivity contribution is 7.93. The van der Waals surface area contributed by atoms with Crippen molar-refractivity contribution < 1.29 is 18.0 Å². The lowest BCUT2D eigenvalue weighted by Crippen LogP contribution is -2.47. The molecule has 202 valence electrons. The normalized spacial score (nSPS) is 17.8. The number of likely N-dealkylation sites (N-methyl/N-ethyl adjacent to an activating group) is 1. The van der Waals surface area contributed by atoms with E-state index in [9.17, 15) is 18.0 Å². The van der Waals surface area contributed by atoms with Gasteiger partial charge in [0.15, 0.2) is 0 Å². The zero-order valence-electron chi connectivity index (χ0n) is 22.0. The van der Waals surface area contributed by atoms with Crippen LogP contribution < -0.4 is 10.0 Å². The molecule has 0 bridgehead atoms. The molecule has 2 amide bonds. The first-order valence-corrected chi connectivity index (χ1v) is 14.7. The van der Waals surface area contributed by atoms with Crippen molar-refractivity contribution in [3.05, 3.63) is 65.2 Å². The van der Waals surface area contributed by atoms with Gasteiger partial charge in [0.05, 0.1) is 22.5 Å². The number of hydrogen-bond donors (Lipinski definition) is 2. The van der Waals surface area contributed by atoms with E-state index in [1.54, 1.807) is 6.07 Å². The zero-order valence-corrected chi connectivity index (χ0v) is 22.8. The van der Waals surface area contributed by atoms with Crippen LogP contribution >= 0.6 is 0 Å². The van der Waals surface area contributed by atoms with Gasteiger partial charge in [-0.1, -0.05) is 24.3 Å². The van der Waals surface area contributed by atoms with Gasteiger partial charge < -0.3 is 20.5 Å². The molecule has 2 saturated heterocycles. The number of nitrogens with two attached hydrogens (primary N) is 1. The second-order valence-electron chi connectivity index (χ2n) is 10.4. The van der Waals surface area contributed by atoms with Crippen molar-refractivity contribution in [2.45, 2.75) is 13.3 Å². The molecule has 4 aromatic rings. The summed E-state index contributed by atoms with van der Waals surface area (Å²) in [6, 6.07) is 14.8. The van der Waals surface area contributed by atoms with Crippen LogP contribution in [0.4, 0.5) is 5.69 Å². The minimum Gasteiger partial charge on any atom is -0.366 e. The predicted octanol–water partition coefficient (Wildman–Crippen LogP) is 3.32. The highest BCUT2D eigenvalue weighted by Crippen LogP contribution is 2.40. The SMILES string of the molecule is Cc1c(-c2ccc(C(N)=O)c3[nH]c4cc(C(=O)N5CCN(C)CC5)ccc4c23)cccc1N1CCCS1(=O)=O. The fourth-order valence-electron chi connectivity index (χ4n) is 5.86. The topological polar surface area (TPSA) is 120 Å². The van der Waals surface area contributed by atoms with Gasteiger partial charge in [0.2, 0.25) is 10.0 Å². The van der Waals surface area contributed by atoms with Crippen molar-refractivity contribution >= 4 is 49.3 Å². The lowest BCUT2D eigenvalue weighted by Gasteiger charge is -2.32. The van der Waals surface area contributed by atoms with Crippen LogP contribution in [0.3, 0.4) is 0 Å². The molecule has 39 heavy (non-hydrogen) atoms. The molecular weight excluding hydrogens is 514 g/mol. The minimum atomic E-state index is -3.34. The van der Waals surface area contributed by atoms with Gasteiger partial charge in [-0.2, -0.15) is 0 Å². The molecule has 3 heterocycles. The van der Waals surface area contributed by atoms with E-state index in [4.69, 9.17) is 5.73 Å². The van der Waals surface area contributed by atoms with Gasteiger partial charge in [-0.05, 0) is 61.3 Å². The number of piperazine rings is 1. The maximum atomic E-state index is 13.3. The third-order valence-electron chi connectivity index (χ3n) is 8.02. The summed E-state index contributed by atoms with van der Waals surface area (Å²) >= 11 is 0. The van der Waals surface area contributed by atoms with Crippen molar-refractivity contribution in [1.82, 2.24) is 14.8 Å². The monoisotopic (exact) mass is 545 g/mol. The number of anilines is 1. The molecule has 6 rings (SSSR count). The van der Waals surface area contributed by atoms with Crippen molar-refractivity contribution in [2.75, 3.05) is 49.8 Å². The van der Waals surface area contributed by atoms with E-state index in [2.05, 4.69) is 9.88 Å².